The molecular weight excluding hydrogens is 190 g/mol. The van der Waals surface area contributed by atoms with Crippen molar-refractivity contribution in [2.24, 2.45) is 0 Å². The first kappa shape index (κ1) is 9.04. The van der Waals surface area contributed by atoms with Crippen LogP contribution in [0.5, 0.6) is 11.5 Å². The Morgan fingerprint density at radius 3 is 2.80 bits per heavy atom. The van der Waals surface area contributed by atoms with Gasteiger partial charge in [0.1, 0.15) is 0 Å². The molecular formula is C12H15NO2. The van der Waals surface area contributed by atoms with E-state index >= 15 is 0 Å². The molecule has 1 N–H and O–H groups in total. The minimum absolute atomic E-state index is 0.364. The highest BCUT2D eigenvalue weighted by molar-refractivity contribution is 5.45. The minimum atomic E-state index is 0.364. The Morgan fingerprint density at radius 1 is 1.20 bits per heavy atom. The Morgan fingerprint density at radius 2 is 2.00 bits per heavy atom. The van der Waals surface area contributed by atoms with Gasteiger partial charge >= 0.3 is 0 Å². The van der Waals surface area contributed by atoms with Gasteiger partial charge in [-0.25, -0.2) is 0 Å². The van der Waals surface area contributed by atoms with Gasteiger partial charge in [-0.3, -0.25) is 0 Å². The van der Waals surface area contributed by atoms with Crippen LogP contribution in [0.2, 0.25) is 0 Å². The lowest BCUT2D eigenvalue weighted by molar-refractivity contribution is 0.174. The maximum absolute atomic E-state index is 5.37. The van der Waals surface area contributed by atoms with Gasteiger partial charge < -0.3 is 14.8 Å². The average molecular weight is 205 g/mol. The fourth-order valence-corrected chi connectivity index (χ4v) is 2.29. The summed E-state index contributed by atoms with van der Waals surface area (Å²) in [5, 5.41) is 3.30. The summed E-state index contributed by atoms with van der Waals surface area (Å²) in [7, 11) is 2.03. The highest BCUT2D eigenvalue weighted by Gasteiger charge is 2.29. The van der Waals surface area contributed by atoms with Gasteiger partial charge in [-0.1, -0.05) is 6.07 Å². The van der Waals surface area contributed by atoms with Gasteiger partial charge in [0.25, 0.3) is 0 Å². The highest BCUT2D eigenvalue weighted by Crippen LogP contribution is 2.41. The Balaban J connectivity index is 1.77. The number of rotatable bonds is 2. The van der Waals surface area contributed by atoms with E-state index in [1.165, 1.54) is 18.4 Å². The second kappa shape index (κ2) is 3.42. The van der Waals surface area contributed by atoms with Crippen molar-refractivity contribution in [1.29, 1.82) is 0 Å². The van der Waals surface area contributed by atoms with Gasteiger partial charge in [0, 0.05) is 6.04 Å². The molecule has 0 radical (unpaired) electrons. The predicted octanol–water partition coefficient (Wildman–Crippen LogP) is 1.88. The van der Waals surface area contributed by atoms with Crippen molar-refractivity contribution in [2.45, 2.75) is 24.8 Å². The van der Waals surface area contributed by atoms with E-state index < -0.39 is 0 Å². The molecule has 1 saturated carbocycles. The summed E-state index contributed by atoms with van der Waals surface area (Å²) < 4.78 is 10.7. The van der Waals surface area contributed by atoms with Crippen LogP contribution in [0.1, 0.15) is 24.3 Å². The second-order valence-electron chi connectivity index (χ2n) is 4.27. The number of hydrogen-bond donors (Lipinski definition) is 1. The van der Waals surface area contributed by atoms with Crippen LogP contribution in [-0.2, 0) is 0 Å². The van der Waals surface area contributed by atoms with Gasteiger partial charge in [0.05, 0.1) is 0 Å². The molecule has 1 heterocycles. The van der Waals surface area contributed by atoms with Crippen LogP contribution in [0.15, 0.2) is 18.2 Å². The molecule has 1 aromatic carbocycles. The Kier molecular flexibility index (Phi) is 2.06. The molecule has 0 amide bonds. The van der Waals surface area contributed by atoms with Gasteiger partial charge in [0.15, 0.2) is 11.5 Å². The van der Waals surface area contributed by atoms with E-state index in [1.807, 2.05) is 13.1 Å². The first-order valence-electron chi connectivity index (χ1n) is 5.43. The topological polar surface area (TPSA) is 30.5 Å². The molecule has 3 heteroatoms. The van der Waals surface area contributed by atoms with Crippen molar-refractivity contribution in [3.05, 3.63) is 23.8 Å². The van der Waals surface area contributed by atoms with Gasteiger partial charge in [-0.15, -0.1) is 0 Å². The zero-order valence-corrected chi connectivity index (χ0v) is 8.82. The molecule has 1 fully saturated rings. The predicted molar refractivity (Wildman–Crippen MR) is 57.4 cm³/mol. The normalized spacial score (nSPS) is 27.5. The van der Waals surface area contributed by atoms with Crippen molar-refractivity contribution >= 4 is 0 Å². The van der Waals surface area contributed by atoms with Crippen molar-refractivity contribution in [1.82, 2.24) is 5.32 Å². The van der Waals surface area contributed by atoms with Crippen LogP contribution >= 0.6 is 0 Å². The minimum Gasteiger partial charge on any atom is -0.454 e. The third-order valence-corrected chi connectivity index (χ3v) is 3.41. The Hall–Kier alpha value is -1.22. The van der Waals surface area contributed by atoms with Gasteiger partial charge in [-0.2, -0.15) is 0 Å². The number of benzene rings is 1. The molecule has 1 aromatic rings. The van der Waals surface area contributed by atoms with E-state index in [-0.39, 0.29) is 0 Å². The van der Waals surface area contributed by atoms with Crippen LogP contribution in [0.3, 0.4) is 0 Å². The maximum atomic E-state index is 5.37. The molecule has 1 aliphatic heterocycles. The summed E-state index contributed by atoms with van der Waals surface area (Å²) in [6.07, 6.45) is 2.46. The van der Waals surface area contributed by atoms with E-state index in [4.69, 9.17) is 9.47 Å². The third kappa shape index (κ3) is 1.47. The molecule has 0 atom stereocenters. The van der Waals surface area contributed by atoms with E-state index in [2.05, 4.69) is 17.4 Å². The molecule has 0 saturated heterocycles. The lowest BCUT2D eigenvalue weighted by Crippen LogP contribution is -2.37. The number of fused-ring (bicyclic) bond motifs is 1. The fourth-order valence-electron chi connectivity index (χ4n) is 2.29. The monoisotopic (exact) mass is 205 g/mol. The molecule has 0 bridgehead atoms. The first-order valence-corrected chi connectivity index (χ1v) is 5.43. The second-order valence-corrected chi connectivity index (χ2v) is 4.27. The van der Waals surface area contributed by atoms with Gasteiger partial charge in [0.2, 0.25) is 6.79 Å². The first-order chi connectivity index (χ1) is 7.36. The van der Waals surface area contributed by atoms with E-state index in [0.717, 1.165) is 11.5 Å². The van der Waals surface area contributed by atoms with Crippen LogP contribution < -0.4 is 14.8 Å². The quantitative estimate of drug-likeness (QED) is 0.799. The Labute approximate surface area is 89.4 Å². The Bertz CT molecular complexity index is 372. The fraction of sp³-hybridized carbons (Fsp3) is 0.500. The van der Waals surface area contributed by atoms with Crippen LogP contribution in [0, 0.1) is 0 Å². The zero-order chi connectivity index (χ0) is 10.3. The third-order valence-electron chi connectivity index (χ3n) is 3.41. The number of nitrogens with one attached hydrogen (secondary N) is 1. The molecule has 80 valence electrons. The SMILES string of the molecule is CNC1CC(c2ccc3c(c2)OCO3)C1. The van der Waals surface area contributed by atoms with Crippen molar-refractivity contribution < 1.29 is 9.47 Å². The van der Waals surface area contributed by atoms with Gasteiger partial charge in [-0.05, 0) is 43.5 Å². The molecule has 1 aliphatic carbocycles. The summed E-state index contributed by atoms with van der Waals surface area (Å²) in [6.45, 7) is 0.364. The lowest BCUT2D eigenvalue weighted by Gasteiger charge is -2.35. The van der Waals surface area contributed by atoms with E-state index in [9.17, 15) is 0 Å². The number of hydrogen-bond acceptors (Lipinski definition) is 3. The maximum Gasteiger partial charge on any atom is 0.231 e. The summed E-state index contributed by atoms with van der Waals surface area (Å²) in [4.78, 5) is 0. The van der Waals surface area contributed by atoms with Crippen molar-refractivity contribution in [3.8, 4) is 11.5 Å². The molecule has 2 aliphatic rings. The van der Waals surface area contributed by atoms with Crippen molar-refractivity contribution in [3.63, 3.8) is 0 Å². The molecule has 15 heavy (non-hydrogen) atoms. The standard InChI is InChI=1S/C12H15NO2/c1-13-10-4-9(5-10)8-2-3-11-12(6-8)15-7-14-11/h2-3,6,9-10,13H,4-5,7H2,1H3. The molecule has 3 nitrogen and oxygen atoms in total. The molecule has 3 rings (SSSR count). The smallest absolute Gasteiger partial charge is 0.231 e. The average Bonchev–Trinajstić information content (AvgIpc) is 2.63. The van der Waals surface area contributed by atoms with Crippen LogP contribution in [0.25, 0.3) is 0 Å². The summed E-state index contributed by atoms with van der Waals surface area (Å²) in [6, 6.07) is 6.99. The highest BCUT2D eigenvalue weighted by atomic mass is 16.7. The molecule has 0 unspecified atom stereocenters. The zero-order valence-electron chi connectivity index (χ0n) is 8.82. The van der Waals surface area contributed by atoms with Crippen molar-refractivity contribution in [2.75, 3.05) is 13.8 Å². The van der Waals surface area contributed by atoms with E-state index in [1.54, 1.807) is 0 Å². The summed E-state index contributed by atoms with van der Waals surface area (Å²) in [5.41, 5.74) is 1.38. The molecule has 0 spiro atoms. The summed E-state index contributed by atoms with van der Waals surface area (Å²) in [5.74, 6) is 2.47. The summed E-state index contributed by atoms with van der Waals surface area (Å²) >= 11 is 0. The van der Waals surface area contributed by atoms with Crippen LogP contribution in [0.4, 0.5) is 0 Å². The van der Waals surface area contributed by atoms with Crippen LogP contribution in [-0.4, -0.2) is 19.9 Å². The molecule has 0 aromatic heterocycles. The largest absolute Gasteiger partial charge is 0.454 e. The lowest BCUT2D eigenvalue weighted by atomic mass is 9.76. The van der Waals surface area contributed by atoms with E-state index in [0.29, 0.717) is 18.8 Å². The number of ether oxygens (including phenoxy) is 2.